The van der Waals surface area contributed by atoms with Gasteiger partial charge in [0.15, 0.2) is 0 Å². The second-order valence-corrected chi connectivity index (χ2v) is 10.6. The van der Waals surface area contributed by atoms with Crippen LogP contribution in [0, 0.1) is 37.5 Å². The number of hydrogen-bond donors (Lipinski definition) is 1. The minimum absolute atomic E-state index is 0.0408. The largest absolute Gasteiger partial charge is 0.481 e. The first-order valence-corrected chi connectivity index (χ1v) is 11.9. The molecule has 1 saturated carbocycles. The number of carbonyl (C=O) groups is 2. The van der Waals surface area contributed by atoms with Crippen molar-refractivity contribution in [3.63, 3.8) is 0 Å². The van der Waals surface area contributed by atoms with Crippen molar-refractivity contribution in [1.82, 2.24) is 9.21 Å². The third-order valence-corrected chi connectivity index (χ3v) is 8.88. The number of carboxylic acids is 1. The molecule has 2 bridgehead atoms. The molecule has 2 fully saturated rings. The molecule has 0 aromatic heterocycles. The molecule has 0 radical (unpaired) electrons. The number of benzene rings is 1. The van der Waals surface area contributed by atoms with E-state index >= 15 is 0 Å². The topological polar surface area (TPSA) is 95.0 Å². The van der Waals surface area contributed by atoms with Crippen molar-refractivity contribution >= 4 is 21.9 Å². The minimum atomic E-state index is -3.62. The Morgan fingerprint density at radius 1 is 0.933 bits per heavy atom. The molecule has 4 aliphatic rings. The molecule has 30 heavy (non-hydrogen) atoms. The van der Waals surface area contributed by atoms with Crippen molar-refractivity contribution in [1.29, 1.82) is 0 Å². The van der Waals surface area contributed by atoms with Gasteiger partial charge in [-0.1, -0.05) is 18.2 Å². The molecule has 1 aliphatic heterocycles. The molecule has 1 saturated heterocycles. The zero-order valence-electron chi connectivity index (χ0n) is 17.3. The Balaban J connectivity index is 1.46. The van der Waals surface area contributed by atoms with E-state index in [2.05, 4.69) is 0 Å². The Kier molecular flexibility index (Phi) is 5.48. The summed E-state index contributed by atoms with van der Waals surface area (Å²) < 4.78 is 27.4. The van der Waals surface area contributed by atoms with Gasteiger partial charge in [-0.3, -0.25) is 9.59 Å². The molecule has 162 valence electrons. The molecule has 7 nitrogen and oxygen atoms in total. The molecule has 0 unspecified atom stereocenters. The highest BCUT2D eigenvalue weighted by Crippen LogP contribution is 2.45. The number of carboxylic acid groups (broad SMARTS) is 1. The van der Waals surface area contributed by atoms with Crippen LogP contribution >= 0.6 is 0 Å². The highest BCUT2D eigenvalue weighted by molar-refractivity contribution is 7.89. The fourth-order valence-electron chi connectivity index (χ4n) is 5.05. The van der Waals surface area contributed by atoms with Crippen LogP contribution in [0.15, 0.2) is 35.2 Å². The van der Waals surface area contributed by atoms with Crippen molar-refractivity contribution in [2.24, 2.45) is 23.7 Å². The number of aliphatic carboxylic acids is 1. The maximum atomic E-state index is 13.2. The minimum Gasteiger partial charge on any atom is -0.481 e. The van der Waals surface area contributed by atoms with Crippen molar-refractivity contribution in [2.45, 2.75) is 31.6 Å². The van der Waals surface area contributed by atoms with Gasteiger partial charge in [0.05, 0.1) is 16.7 Å². The summed E-state index contributed by atoms with van der Waals surface area (Å²) in [4.78, 5) is 27.0. The van der Waals surface area contributed by atoms with Gasteiger partial charge in [0.2, 0.25) is 15.9 Å². The molecule has 1 aromatic rings. The van der Waals surface area contributed by atoms with E-state index in [1.54, 1.807) is 23.1 Å². The Labute approximate surface area is 177 Å². The smallest absolute Gasteiger partial charge is 0.307 e. The molecule has 8 heteroatoms. The van der Waals surface area contributed by atoms with Crippen LogP contribution in [0.1, 0.15) is 24.0 Å². The van der Waals surface area contributed by atoms with Crippen LogP contribution in [-0.4, -0.2) is 60.8 Å². The van der Waals surface area contributed by atoms with Crippen LogP contribution in [0.2, 0.25) is 0 Å². The maximum absolute atomic E-state index is 13.2. The van der Waals surface area contributed by atoms with Crippen molar-refractivity contribution in [3.05, 3.63) is 41.5 Å². The summed E-state index contributed by atoms with van der Waals surface area (Å²) in [7, 11) is -3.62. The predicted octanol–water partition coefficient (Wildman–Crippen LogP) is 2.05. The van der Waals surface area contributed by atoms with Gasteiger partial charge in [0.1, 0.15) is 0 Å². The maximum Gasteiger partial charge on any atom is 0.307 e. The molecule has 5 rings (SSSR count). The lowest BCUT2D eigenvalue weighted by Crippen LogP contribution is -2.55. The average molecular weight is 433 g/mol. The lowest BCUT2D eigenvalue weighted by molar-refractivity contribution is -0.157. The third kappa shape index (κ3) is 3.56. The van der Waals surface area contributed by atoms with Crippen LogP contribution in [0.5, 0.6) is 0 Å². The molecule has 3 aliphatic carbocycles. The first-order chi connectivity index (χ1) is 14.2. The third-order valence-electron chi connectivity index (χ3n) is 6.99. The van der Waals surface area contributed by atoms with E-state index in [1.807, 2.05) is 26.0 Å². The van der Waals surface area contributed by atoms with Crippen molar-refractivity contribution in [2.75, 3.05) is 26.2 Å². The normalized spacial score (nSPS) is 29.2. The van der Waals surface area contributed by atoms with E-state index < -0.39 is 27.8 Å². The lowest BCUT2D eigenvalue weighted by Gasteiger charge is -2.45. The van der Waals surface area contributed by atoms with Crippen LogP contribution in [-0.2, 0) is 19.6 Å². The summed E-state index contributed by atoms with van der Waals surface area (Å²) in [5, 5.41) is 9.70. The fourth-order valence-corrected chi connectivity index (χ4v) is 6.56. The second kappa shape index (κ2) is 7.81. The molecule has 1 amide bonds. The molecule has 4 atom stereocenters. The first kappa shape index (κ1) is 21.1. The Morgan fingerprint density at radius 2 is 1.53 bits per heavy atom. The highest BCUT2D eigenvalue weighted by atomic mass is 32.2. The van der Waals surface area contributed by atoms with E-state index in [-0.39, 0.29) is 48.8 Å². The van der Waals surface area contributed by atoms with Crippen LogP contribution < -0.4 is 0 Å². The van der Waals surface area contributed by atoms with Gasteiger partial charge in [-0.05, 0) is 61.8 Å². The summed E-state index contributed by atoms with van der Waals surface area (Å²) in [5.41, 5.74) is 1.96. The number of rotatable bonds is 4. The number of aryl methyl sites for hydroxylation is 2. The number of fused-ring (bicyclic) bond motifs is 2. The van der Waals surface area contributed by atoms with Crippen LogP contribution in [0.4, 0.5) is 0 Å². The van der Waals surface area contributed by atoms with Crippen molar-refractivity contribution in [3.8, 4) is 0 Å². The fraction of sp³-hybridized carbons (Fsp3) is 0.545. The number of sulfonamides is 1. The number of amides is 1. The van der Waals surface area contributed by atoms with Crippen LogP contribution in [0.25, 0.3) is 0 Å². The zero-order valence-corrected chi connectivity index (χ0v) is 18.1. The Bertz CT molecular complexity index is 995. The monoisotopic (exact) mass is 432 g/mol. The number of carbonyl (C=O) groups excluding carboxylic acids is 1. The summed E-state index contributed by atoms with van der Waals surface area (Å²) in [6, 6.07) is 5.11. The number of hydrogen-bond acceptors (Lipinski definition) is 4. The second-order valence-electron chi connectivity index (χ2n) is 8.66. The lowest BCUT2D eigenvalue weighted by atomic mass is 9.62. The quantitative estimate of drug-likeness (QED) is 0.735. The van der Waals surface area contributed by atoms with Crippen LogP contribution in [0.3, 0.4) is 0 Å². The van der Waals surface area contributed by atoms with E-state index in [1.165, 1.54) is 4.31 Å². The van der Waals surface area contributed by atoms with Gasteiger partial charge in [-0.25, -0.2) is 8.42 Å². The molecular formula is C22H28N2O5S. The van der Waals surface area contributed by atoms with Gasteiger partial charge in [0.25, 0.3) is 0 Å². The summed E-state index contributed by atoms with van der Waals surface area (Å²) >= 11 is 0. The zero-order chi connectivity index (χ0) is 21.6. The van der Waals surface area contributed by atoms with E-state index in [0.717, 1.165) is 24.0 Å². The number of piperazine rings is 1. The van der Waals surface area contributed by atoms with Gasteiger partial charge in [-0.15, -0.1) is 0 Å². The Morgan fingerprint density at radius 3 is 2.07 bits per heavy atom. The molecule has 0 spiro atoms. The summed E-state index contributed by atoms with van der Waals surface area (Å²) in [6.45, 7) is 4.83. The molecule has 1 N–H and O–H groups in total. The average Bonchev–Trinajstić information content (AvgIpc) is 2.75. The van der Waals surface area contributed by atoms with Gasteiger partial charge >= 0.3 is 5.97 Å². The van der Waals surface area contributed by atoms with Gasteiger partial charge < -0.3 is 10.0 Å². The molecular weight excluding hydrogens is 404 g/mol. The Hall–Kier alpha value is -2.19. The SMILES string of the molecule is Cc1ccc(S(=O)(=O)N2CCN(C(=O)[C@@H]3[C@@H](C(=O)O)[C@H]4C=C[C@H]3CC4)CC2)cc1C. The van der Waals surface area contributed by atoms with Gasteiger partial charge in [-0.2, -0.15) is 4.31 Å². The van der Waals surface area contributed by atoms with E-state index in [4.69, 9.17) is 0 Å². The predicted molar refractivity (Wildman–Crippen MR) is 111 cm³/mol. The number of nitrogens with zero attached hydrogens (tertiary/aromatic N) is 2. The summed E-state index contributed by atoms with van der Waals surface area (Å²) in [5.74, 6) is -2.42. The number of allylic oxidation sites excluding steroid dienone is 2. The van der Waals surface area contributed by atoms with E-state index in [0.29, 0.717) is 0 Å². The molecule has 1 heterocycles. The molecule has 1 aromatic carbocycles. The highest BCUT2D eigenvalue weighted by Gasteiger charge is 2.49. The standard InChI is InChI=1S/C22H28N2O5S/c1-14-3-8-18(13-15(14)2)30(28,29)24-11-9-23(10-12-24)21(25)19-16-4-6-17(7-5-16)20(19)22(26)27/h3-4,6,8,13,16-17,19-20H,5,7,9-12H2,1-2H3,(H,26,27)/t16-,17-,19-,20-/m0/s1. The van der Waals surface area contributed by atoms with Crippen molar-refractivity contribution < 1.29 is 23.1 Å². The summed E-state index contributed by atoms with van der Waals surface area (Å²) in [6.07, 6.45) is 5.59. The van der Waals surface area contributed by atoms with Gasteiger partial charge in [0, 0.05) is 26.2 Å². The van der Waals surface area contributed by atoms with E-state index in [9.17, 15) is 23.1 Å². The first-order valence-electron chi connectivity index (χ1n) is 10.5.